The maximum atomic E-state index is 11.4. The highest BCUT2D eigenvalue weighted by atomic mass is 32.2. The molecule has 0 spiro atoms. The molecule has 0 radical (unpaired) electrons. The average Bonchev–Trinajstić information content (AvgIpc) is 2.30. The second-order valence-corrected chi connectivity index (χ2v) is 4.84. The van der Waals surface area contributed by atoms with Gasteiger partial charge in [-0.25, -0.2) is 0 Å². The van der Waals surface area contributed by atoms with Crippen molar-refractivity contribution >= 4 is 17.7 Å². The largest absolute Gasteiger partial charge is 0.465 e. The van der Waals surface area contributed by atoms with Gasteiger partial charge < -0.3 is 4.74 Å². The van der Waals surface area contributed by atoms with E-state index < -0.39 is 0 Å². The lowest BCUT2D eigenvalue weighted by Gasteiger charge is -2.23. The van der Waals surface area contributed by atoms with Gasteiger partial charge in [0.25, 0.3) is 0 Å². The van der Waals surface area contributed by atoms with Gasteiger partial charge in [0.2, 0.25) is 0 Å². The third-order valence-electron chi connectivity index (χ3n) is 1.93. The first-order chi connectivity index (χ1) is 5.58. The van der Waals surface area contributed by atoms with Crippen molar-refractivity contribution in [1.29, 1.82) is 0 Å². The van der Waals surface area contributed by atoms with E-state index >= 15 is 0 Å². The number of rotatable bonds is 2. The first-order valence-electron chi connectivity index (χ1n) is 4.09. The van der Waals surface area contributed by atoms with E-state index in [0.717, 1.165) is 0 Å². The Kier molecular flexibility index (Phi) is 2.83. The highest BCUT2D eigenvalue weighted by molar-refractivity contribution is 8.03. The summed E-state index contributed by atoms with van der Waals surface area (Å²) in [5, 5.41) is 1.97. The molecule has 1 aliphatic rings. The molecular weight excluding hydrogens is 172 g/mol. The molecule has 0 N–H and O–H groups in total. The molecule has 0 aromatic rings. The van der Waals surface area contributed by atoms with Crippen LogP contribution in [-0.4, -0.2) is 17.3 Å². The van der Waals surface area contributed by atoms with Gasteiger partial charge in [-0.2, -0.15) is 0 Å². The number of carbonyl (C=O) groups excluding carboxylic acids is 1. The van der Waals surface area contributed by atoms with E-state index in [1.165, 1.54) is 0 Å². The summed E-state index contributed by atoms with van der Waals surface area (Å²) in [4.78, 5) is 11.4. The van der Waals surface area contributed by atoms with Crippen LogP contribution in [-0.2, 0) is 9.53 Å². The van der Waals surface area contributed by atoms with Crippen LogP contribution in [0.2, 0.25) is 0 Å². The van der Waals surface area contributed by atoms with Crippen molar-refractivity contribution in [2.24, 2.45) is 5.92 Å². The van der Waals surface area contributed by atoms with Gasteiger partial charge in [0.15, 0.2) is 0 Å². The van der Waals surface area contributed by atoms with Crippen molar-refractivity contribution in [3.05, 3.63) is 11.5 Å². The Bertz CT molecular complexity index is 209. The van der Waals surface area contributed by atoms with Crippen molar-refractivity contribution in [3.8, 4) is 0 Å². The molecule has 2 nitrogen and oxygen atoms in total. The summed E-state index contributed by atoms with van der Waals surface area (Å²) in [6.07, 6.45) is 1.92. The maximum absolute atomic E-state index is 11.4. The fourth-order valence-corrected chi connectivity index (χ4v) is 2.10. The minimum Gasteiger partial charge on any atom is -0.465 e. The summed E-state index contributed by atoms with van der Waals surface area (Å²) in [6, 6.07) is 0. The predicted octanol–water partition coefficient (Wildman–Crippen LogP) is 2.20. The molecule has 1 aliphatic heterocycles. The van der Waals surface area contributed by atoms with Crippen LogP contribution in [0, 0.1) is 5.92 Å². The molecule has 0 saturated carbocycles. The Morgan fingerprint density at radius 1 is 1.67 bits per heavy atom. The fraction of sp³-hybridized carbons (Fsp3) is 0.667. The van der Waals surface area contributed by atoms with Crippen molar-refractivity contribution in [2.75, 3.05) is 6.61 Å². The van der Waals surface area contributed by atoms with E-state index in [2.05, 4.69) is 13.8 Å². The number of carbonyl (C=O) groups is 1. The molecule has 12 heavy (non-hydrogen) atoms. The SMILES string of the molecule is CCOC(=O)[C@@H]1C=CSC1(C)C. The van der Waals surface area contributed by atoms with Gasteiger partial charge in [0.05, 0.1) is 12.5 Å². The molecule has 1 heterocycles. The van der Waals surface area contributed by atoms with E-state index in [4.69, 9.17) is 4.74 Å². The molecule has 0 aromatic heterocycles. The lowest BCUT2D eigenvalue weighted by molar-refractivity contribution is -0.146. The molecule has 0 aromatic carbocycles. The number of ether oxygens (including phenoxy) is 1. The smallest absolute Gasteiger partial charge is 0.314 e. The Hall–Kier alpha value is -0.440. The van der Waals surface area contributed by atoms with Gasteiger partial charge in [-0.05, 0) is 26.2 Å². The normalized spacial score (nSPS) is 25.8. The zero-order valence-corrected chi connectivity index (χ0v) is 8.48. The van der Waals surface area contributed by atoms with Gasteiger partial charge in [0.1, 0.15) is 0 Å². The Morgan fingerprint density at radius 2 is 2.33 bits per heavy atom. The zero-order chi connectivity index (χ0) is 9.19. The van der Waals surface area contributed by atoms with E-state index in [0.29, 0.717) is 6.61 Å². The van der Waals surface area contributed by atoms with Gasteiger partial charge in [-0.15, -0.1) is 11.8 Å². The third-order valence-corrected chi connectivity index (χ3v) is 3.09. The van der Waals surface area contributed by atoms with Crippen LogP contribution in [0.1, 0.15) is 20.8 Å². The number of hydrogen-bond acceptors (Lipinski definition) is 3. The summed E-state index contributed by atoms with van der Waals surface area (Å²) < 4.78 is 4.92. The molecule has 0 aliphatic carbocycles. The summed E-state index contributed by atoms with van der Waals surface area (Å²) in [5.41, 5.74) is 0. The molecule has 3 heteroatoms. The van der Waals surface area contributed by atoms with E-state index in [1.54, 1.807) is 11.8 Å². The molecule has 1 atom stereocenters. The van der Waals surface area contributed by atoms with Crippen LogP contribution in [0.25, 0.3) is 0 Å². The van der Waals surface area contributed by atoms with Crippen LogP contribution in [0.15, 0.2) is 11.5 Å². The lowest BCUT2D eigenvalue weighted by Crippen LogP contribution is -2.31. The molecule has 0 amide bonds. The second-order valence-electron chi connectivity index (χ2n) is 3.28. The highest BCUT2D eigenvalue weighted by Crippen LogP contribution is 2.40. The topological polar surface area (TPSA) is 26.3 Å². The summed E-state index contributed by atoms with van der Waals surface area (Å²) in [6.45, 7) is 6.40. The average molecular weight is 186 g/mol. The van der Waals surface area contributed by atoms with Crippen LogP contribution >= 0.6 is 11.8 Å². The van der Waals surface area contributed by atoms with Gasteiger partial charge in [-0.3, -0.25) is 4.79 Å². The second kappa shape index (κ2) is 3.52. The molecule has 68 valence electrons. The Balaban J connectivity index is 2.62. The van der Waals surface area contributed by atoms with E-state index in [1.807, 2.05) is 18.4 Å². The predicted molar refractivity (Wildman–Crippen MR) is 50.9 cm³/mol. The Morgan fingerprint density at radius 3 is 2.75 bits per heavy atom. The van der Waals surface area contributed by atoms with E-state index in [-0.39, 0.29) is 16.6 Å². The van der Waals surface area contributed by atoms with Crippen molar-refractivity contribution in [2.45, 2.75) is 25.5 Å². The minimum atomic E-state index is -0.108. The Labute approximate surface area is 77.4 Å². The quantitative estimate of drug-likeness (QED) is 0.618. The standard InChI is InChI=1S/C9H14O2S/c1-4-11-8(10)7-5-6-12-9(7,2)3/h5-7H,4H2,1-3H3/t7-/m0/s1. The first-order valence-corrected chi connectivity index (χ1v) is 4.97. The zero-order valence-electron chi connectivity index (χ0n) is 7.66. The van der Waals surface area contributed by atoms with Crippen LogP contribution in [0.3, 0.4) is 0 Å². The highest BCUT2D eigenvalue weighted by Gasteiger charge is 2.37. The van der Waals surface area contributed by atoms with Gasteiger partial charge in [0, 0.05) is 4.75 Å². The number of thioether (sulfide) groups is 1. The maximum Gasteiger partial charge on any atom is 0.314 e. The third kappa shape index (κ3) is 1.83. The lowest BCUT2D eigenvalue weighted by atomic mass is 9.95. The van der Waals surface area contributed by atoms with E-state index in [9.17, 15) is 4.79 Å². The van der Waals surface area contributed by atoms with Crippen molar-refractivity contribution < 1.29 is 9.53 Å². The van der Waals surface area contributed by atoms with Crippen LogP contribution in [0.5, 0.6) is 0 Å². The molecule has 0 bridgehead atoms. The van der Waals surface area contributed by atoms with Crippen LogP contribution in [0.4, 0.5) is 0 Å². The van der Waals surface area contributed by atoms with Crippen molar-refractivity contribution in [3.63, 3.8) is 0 Å². The molecule has 0 saturated heterocycles. The monoisotopic (exact) mass is 186 g/mol. The van der Waals surface area contributed by atoms with Gasteiger partial charge in [-0.1, -0.05) is 6.08 Å². The molecule has 0 fully saturated rings. The van der Waals surface area contributed by atoms with Gasteiger partial charge >= 0.3 is 5.97 Å². The fourth-order valence-electron chi connectivity index (χ4n) is 1.19. The van der Waals surface area contributed by atoms with Crippen LogP contribution < -0.4 is 0 Å². The molecule has 0 unspecified atom stereocenters. The van der Waals surface area contributed by atoms with Crippen molar-refractivity contribution in [1.82, 2.24) is 0 Å². The molecule has 1 rings (SSSR count). The summed E-state index contributed by atoms with van der Waals surface area (Å²) in [5.74, 6) is -0.189. The number of hydrogen-bond donors (Lipinski definition) is 0. The number of esters is 1. The molecular formula is C9H14O2S. The minimum absolute atomic E-state index is 0.0355. The first kappa shape index (κ1) is 9.65. The summed E-state index contributed by atoms with van der Waals surface area (Å²) >= 11 is 1.68. The summed E-state index contributed by atoms with van der Waals surface area (Å²) in [7, 11) is 0.